The highest BCUT2D eigenvalue weighted by Gasteiger charge is 2.46. The van der Waals surface area contributed by atoms with Crippen LogP contribution in [-0.4, -0.2) is 6.71 Å². The van der Waals surface area contributed by atoms with Crippen molar-refractivity contribution in [3.8, 4) is 55.6 Å². The molecule has 0 spiro atoms. The van der Waals surface area contributed by atoms with Gasteiger partial charge in [-0.05, 0) is 199 Å². The summed E-state index contributed by atoms with van der Waals surface area (Å²) in [4.78, 5) is 10.3. The largest absolute Gasteiger partial charge is 0.310 e. The molecule has 4 nitrogen and oxygen atoms in total. The minimum absolute atomic E-state index is 0.297. The van der Waals surface area contributed by atoms with E-state index in [0.717, 1.165) is 124 Å². The number of nitrogens with zero attached hydrogens (tertiary/aromatic N) is 4. The molecule has 0 aliphatic carbocycles. The molecular formula is C104H67BN4. The molecule has 20 aromatic carbocycles. The van der Waals surface area contributed by atoms with Crippen LogP contribution in [0.5, 0.6) is 0 Å². The molecule has 5 heteroatoms. The first kappa shape index (κ1) is 62.2. The number of benzene rings is 20. The Kier molecular flexibility index (Phi) is 14.4. The van der Waals surface area contributed by atoms with Crippen molar-refractivity contribution in [3.63, 3.8) is 0 Å². The zero-order chi connectivity index (χ0) is 71.6. The Labute approximate surface area is 633 Å². The highest BCUT2D eigenvalue weighted by molar-refractivity contribution is 7.00. The summed E-state index contributed by atoms with van der Waals surface area (Å²) in [5.41, 5.74) is 27.7. The van der Waals surface area contributed by atoms with Gasteiger partial charge in [0.2, 0.25) is 0 Å². The molecule has 109 heavy (non-hydrogen) atoms. The lowest BCUT2D eigenvalue weighted by atomic mass is 9.33. The quantitative estimate of drug-likeness (QED) is 0.0842. The summed E-state index contributed by atoms with van der Waals surface area (Å²) in [6, 6.07) is 152. The van der Waals surface area contributed by atoms with E-state index in [1.54, 1.807) is 0 Å². The minimum atomic E-state index is -0.297. The second-order valence-corrected chi connectivity index (χ2v) is 29.0. The fourth-order valence-electron chi connectivity index (χ4n) is 18.3. The molecule has 0 amide bonds. The Hall–Kier alpha value is -14.3. The van der Waals surface area contributed by atoms with Crippen LogP contribution in [0.15, 0.2) is 406 Å². The van der Waals surface area contributed by atoms with E-state index in [9.17, 15) is 0 Å². The van der Waals surface area contributed by atoms with E-state index in [4.69, 9.17) is 0 Å². The maximum Gasteiger partial charge on any atom is 0.252 e. The van der Waals surface area contributed by atoms with Gasteiger partial charge in [0.1, 0.15) is 0 Å². The molecule has 0 radical (unpaired) electrons. The van der Waals surface area contributed by atoms with E-state index in [-0.39, 0.29) is 6.71 Å². The second-order valence-electron chi connectivity index (χ2n) is 29.0. The Morgan fingerprint density at radius 1 is 0.183 bits per heavy atom. The first-order chi connectivity index (χ1) is 54.1. The molecule has 0 bridgehead atoms. The van der Waals surface area contributed by atoms with Crippen LogP contribution in [0.2, 0.25) is 0 Å². The minimum Gasteiger partial charge on any atom is -0.310 e. The molecule has 22 rings (SSSR count). The summed E-state index contributed by atoms with van der Waals surface area (Å²) in [7, 11) is 0. The van der Waals surface area contributed by atoms with Crippen molar-refractivity contribution in [2.75, 3.05) is 19.6 Å². The molecule has 0 fully saturated rings. The Bertz CT molecular complexity index is 6280. The number of rotatable bonds is 13. The second kappa shape index (κ2) is 25.2. The summed E-state index contributed by atoms with van der Waals surface area (Å²) >= 11 is 0. The highest BCUT2D eigenvalue weighted by atomic mass is 15.2. The first-order valence-corrected chi connectivity index (χ1v) is 37.7. The van der Waals surface area contributed by atoms with Gasteiger partial charge in [0.15, 0.2) is 0 Å². The molecule has 2 aliphatic rings. The molecule has 0 atom stereocenters. The maximum absolute atomic E-state index is 2.68. The molecule has 506 valence electrons. The molecule has 20 aromatic rings. The number of para-hydroxylation sites is 4. The zero-order valence-corrected chi connectivity index (χ0v) is 59.5. The van der Waals surface area contributed by atoms with Gasteiger partial charge in [-0.25, -0.2) is 0 Å². The van der Waals surface area contributed by atoms with Crippen LogP contribution in [0.25, 0.3) is 120 Å². The summed E-state index contributed by atoms with van der Waals surface area (Å²) in [6.45, 7) is -0.297. The highest BCUT2D eigenvalue weighted by Crippen LogP contribution is 2.56. The van der Waals surface area contributed by atoms with Gasteiger partial charge in [0.25, 0.3) is 6.71 Å². The molecule has 0 aromatic heterocycles. The lowest BCUT2D eigenvalue weighted by Crippen LogP contribution is -2.61. The summed E-state index contributed by atoms with van der Waals surface area (Å²) in [5.74, 6) is 0. The summed E-state index contributed by atoms with van der Waals surface area (Å²) in [6.07, 6.45) is 0. The normalized spacial score (nSPS) is 12.3. The average molecular weight is 1380 g/mol. The Morgan fingerprint density at radius 2 is 0.468 bits per heavy atom. The van der Waals surface area contributed by atoms with E-state index in [1.165, 1.54) is 81.0 Å². The van der Waals surface area contributed by atoms with Crippen molar-refractivity contribution in [1.29, 1.82) is 0 Å². The third-order valence-electron chi connectivity index (χ3n) is 23.0. The van der Waals surface area contributed by atoms with Crippen LogP contribution in [0, 0.1) is 0 Å². The zero-order valence-electron chi connectivity index (χ0n) is 59.5. The third-order valence-corrected chi connectivity index (χ3v) is 23.0. The predicted molar refractivity (Wildman–Crippen MR) is 464 cm³/mol. The summed E-state index contributed by atoms with van der Waals surface area (Å²) < 4.78 is 0. The van der Waals surface area contributed by atoms with Crippen molar-refractivity contribution >= 4 is 156 Å². The van der Waals surface area contributed by atoms with Gasteiger partial charge in [-0.1, -0.05) is 322 Å². The first-order valence-electron chi connectivity index (χ1n) is 37.7. The van der Waals surface area contributed by atoms with Gasteiger partial charge in [0, 0.05) is 79.1 Å². The van der Waals surface area contributed by atoms with Crippen molar-refractivity contribution in [3.05, 3.63) is 406 Å². The number of hydrogen-bond acceptors (Lipinski definition) is 4. The maximum atomic E-state index is 2.68. The molecular weight excluding hydrogens is 1320 g/mol. The van der Waals surface area contributed by atoms with E-state index >= 15 is 0 Å². The van der Waals surface area contributed by atoms with Crippen LogP contribution >= 0.6 is 0 Å². The fraction of sp³-hybridized carbons (Fsp3) is 0. The van der Waals surface area contributed by atoms with E-state index in [0.29, 0.717) is 0 Å². The van der Waals surface area contributed by atoms with Crippen LogP contribution in [-0.2, 0) is 0 Å². The molecule has 0 N–H and O–H groups in total. The fourth-order valence-corrected chi connectivity index (χ4v) is 18.3. The van der Waals surface area contributed by atoms with Crippen molar-refractivity contribution < 1.29 is 0 Å². The van der Waals surface area contributed by atoms with Crippen LogP contribution in [0.1, 0.15) is 0 Å². The van der Waals surface area contributed by atoms with Gasteiger partial charge in [-0.15, -0.1) is 0 Å². The third kappa shape index (κ3) is 10.1. The van der Waals surface area contributed by atoms with Gasteiger partial charge in [-0.3, -0.25) is 0 Å². The lowest BCUT2D eigenvalue weighted by Gasteiger charge is -2.46. The smallest absolute Gasteiger partial charge is 0.252 e. The van der Waals surface area contributed by atoms with E-state index < -0.39 is 0 Å². The molecule has 0 unspecified atom stereocenters. The standard InChI is InChI=1S/C104H67BN4/c1-8-26-68(27-9-1)81-64-96-102-97(65-81)109(104-90(71-32-14-4-15-33-71)46-25-47-91(104)72-34-16-5-17-35-72)95-67-85(107(83-42-20-7-21-43-83)87-62-79-54-50-75-38-23-39-76-51-55-80(63-87)101(79)99(75)76)57-59-93(95)105(102)92-58-56-84(66-94(92)108(96)103-88(69-28-10-2-11-29-69)44-24-45-89(103)70-30-12-3-13-31-70)106(82-40-18-6-19-41-82)86-60-77-52-48-73-36-22-37-74-49-53-78(61-86)100(77)98(73)74/h1-67H. The van der Waals surface area contributed by atoms with Crippen molar-refractivity contribution in [2.45, 2.75) is 0 Å². The van der Waals surface area contributed by atoms with Crippen LogP contribution in [0.3, 0.4) is 0 Å². The molecule has 2 aliphatic heterocycles. The summed E-state index contributed by atoms with van der Waals surface area (Å²) in [5, 5.41) is 15.0. The average Bonchev–Trinajstić information content (AvgIpc) is 0.684. The van der Waals surface area contributed by atoms with E-state index in [2.05, 4.69) is 426 Å². The Morgan fingerprint density at radius 3 is 0.798 bits per heavy atom. The van der Waals surface area contributed by atoms with E-state index in [1.807, 2.05) is 0 Å². The monoisotopic (exact) mass is 1380 g/mol. The van der Waals surface area contributed by atoms with Crippen LogP contribution < -0.4 is 36.0 Å². The molecule has 2 heterocycles. The topological polar surface area (TPSA) is 13.0 Å². The Balaban J connectivity index is 0.874. The lowest BCUT2D eigenvalue weighted by molar-refractivity contribution is 1.23. The number of hydrogen-bond donors (Lipinski definition) is 0. The van der Waals surface area contributed by atoms with Crippen molar-refractivity contribution in [2.24, 2.45) is 0 Å². The number of fused-ring (bicyclic) bond motifs is 4. The van der Waals surface area contributed by atoms with Gasteiger partial charge >= 0.3 is 0 Å². The van der Waals surface area contributed by atoms with Gasteiger partial charge in [0.05, 0.1) is 11.4 Å². The predicted octanol–water partition coefficient (Wildman–Crippen LogP) is 26.8. The van der Waals surface area contributed by atoms with Crippen molar-refractivity contribution in [1.82, 2.24) is 0 Å². The molecule has 0 saturated carbocycles. The van der Waals surface area contributed by atoms with Gasteiger partial charge < -0.3 is 19.6 Å². The number of anilines is 12. The van der Waals surface area contributed by atoms with Crippen LogP contribution in [0.4, 0.5) is 68.2 Å². The SMILES string of the molecule is c1ccc(-c2cc3c4c(c2)N(c2c(-c5ccccc5)cccc2-c2ccccc2)c2cc(N(c5ccccc5)c5cc6ccc7cccc8ccc(c5)c6c78)ccc2B4c2ccc(N(c4ccccc4)c4cc5ccc6cccc7ccc(c4)c5c67)cc2N3c2c(-c3ccccc3)cccc2-c2ccccc2)cc1. The van der Waals surface area contributed by atoms with Gasteiger partial charge in [-0.2, -0.15) is 0 Å². The molecule has 0 saturated heterocycles.